The summed E-state index contributed by atoms with van der Waals surface area (Å²) in [7, 11) is 1.80. The lowest BCUT2D eigenvalue weighted by molar-refractivity contribution is -0.00481. The Bertz CT molecular complexity index is 407. The molecule has 2 rings (SSSR count). The first-order valence-corrected chi connectivity index (χ1v) is 7.62. The second-order valence-electron chi connectivity index (χ2n) is 5.88. The van der Waals surface area contributed by atoms with Gasteiger partial charge in [-0.15, -0.1) is 0 Å². The van der Waals surface area contributed by atoms with Crippen molar-refractivity contribution in [2.75, 3.05) is 31.6 Å². The maximum atomic E-state index is 5.64. The van der Waals surface area contributed by atoms with Crippen molar-refractivity contribution in [2.45, 2.75) is 45.3 Å². The summed E-state index contributed by atoms with van der Waals surface area (Å²) < 4.78 is 5.64. The van der Waals surface area contributed by atoms with Crippen LogP contribution in [0.25, 0.3) is 0 Å². The van der Waals surface area contributed by atoms with Crippen molar-refractivity contribution >= 4 is 5.82 Å². The van der Waals surface area contributed by atoms with Gasteiger partial charge in [-0.2, -0.15) is 0 Å². The molecule has 4 heteroatoms. The highest BCUT2D eigenvalue weighted by Crippen LogP contribution is 2.26. The average molecular weight is 277 g/mol. The van der Waals surface area contributed by atoms with E-state index in [1.807, 2.05) is 6.20 Å². The van der Waals surface area contributed by atoms with E-state index < -0.39 is 0 Å². The third-order valence-electron chi connectivity index (χ3n) is 4.04. The van der Waals surface area contributed by atoms with Crippen molar-refractivity contribution in [3.05, 3.63) is 23.9 Å². The van der Waals surface area contributed by atoms with Gasteiger partial charge in [-0.1, -0.05) is 13.0 Å². The van der Waals surface area contributed by atoms with E-state index in [1.165, 1.54) is 5.56 Å². The third-order valence-corrected chi connectivity index (χ3v) is 4.04. The number of rotatable bonds is 6. The van der Waals surface area contributed by atoms with Crippen LogP contribution in [0.5, 0.6) is 0 Å². The number of aromatic nitrogens is 1. The average Bonchev–Trinajstić information content (AvgIpc) is 2.48. The van der Waals surface area contributed by atoms with Gasteiger partial charge in [0.2, 0.25) is 0 Å². The Balaban J connectivity index is 1.95. The van der Waals surface area contributed by atoms with Gasteiger partial charge in [-0.05, 0) is 44.4 Å². The molecular weight excluding hydrogens is 250 g/mol. The topological polar surface area (TPSA) is 37.4 Å². The fourth-order valence-electron chi connectivity index (χ4n) is 2.69. The summed E-state index contributed by atoms with van der Waals surface area (Å²) in [6, 6.07) is 4.30. The van der Waals surface area contributed by atoms with Crippen LogP contribution < -0.4 is 10.2 Å². The maximum absolute atomic E-state index is 5.64. The number of pyridine rings is 1. The van der Waals surface area contributed by atoms with Crippen molar-refractivity contribution in [1.82, 2.24) is 10.3 Å². The van der Waals surface area contributed by atoms with Gasteiger partial charge < -0.3 is 15.0 Å². The molecule has 1 aliphatic rings. The number of hydrogen-bond acceptors (Lipinski definition) is 4. The Kier molecular flexibility index (Phi) is 5.38. The lowest BCUT2D eigenvalue weighted by Crippen LogP contribution is -2.47. The van der Waals surface area contributed by atoms with Crippen molar-refractivity contribution < 1.29 is 4.74 Å². The van der Waals surface area contributed by atoms with E-state index in [0.717, 1.165) is 51.3 Å². The molecule has 1 aromatic heterocycles. The highest BCUT2D eigenvalue weighted by Gasteiger charge is 2.31. The van der Waals surface area contributed by atoms with E-state index in [-0.39, 0.29) is 5.60 Å². The molecule has 1 aromatic rings. The van der Waals surface area contributed by atoms with E-state index in [2.05, 4.69) is 41.2 Å². The predicted octanol–water partition coefficient (Wildman–Crippen LogP) is 2.59. The van der Waals surface area contributed by atoms with Crippen LogP contribution in [0.3, 0.4) is 0 Å². The molecule has 0 radical (unpaired) electrons. The number of nitrogens with zero attached hydrogens (tertiary/aromatic N) is 2. The first-order valence-electron chi connectivity index (χ1n) is 7.62. The van der Waals surface area contributed by atoms with E-state index in [1.54, 1.807) is 7.11 Å². The van der Waals surface area contributed by atoms with Gasteiger partial charge >= 0.3 is 0 Å². The number of ether oxygens (including phenoxy) is 1. The van der Waals surface area contributed by atoms with Crippen LogP contribution in [-0.2, 0) is 11.3 Å². The predicted molar refractivity (Wildman–Crippen MR) is 83.1 cm³/mol. The number of anilines is 1. The van der Waals surface area contributed by atoms with Gasteiger partial charge in [-0.3, -0.25) is 0 Å². The molecule has 1 N–H and O–H groups in total. The molecule has 1 fully saturated rings. The van der Waals surface area contributed by atoms with Crippen molar-refractivity contribution in [3.63, 3.8) is 0 Å². The summed E-state index contributed by atoms with van der Waals surface area (Å²) >= 11 is 0. The second kappa shape index (κ2) is 7.04. The number of methoxy groups -OCH3 is 1. The van der Waals surface area contributed by atoms with E-state index in [9.17, 15) is 0 Å². The molecule has 0 aliphatic carbocycles. The Hall–Kier alpha value is -1.13. The molecule has 1 aliphatic heterocycles. The van der Waals surface area contributed by atoms with Gasteiger partial charge in [0.15, 0.2) is 0 Å². The minimum Gasteiger partial charge on any atom is -0.377 e. The van der Waals surface area contributed by atoms with Crippen LogP contribution in [0.1, 0.15) is 38.7 Å². The monoisotopic (exact) mass is 277 g/mol. The Labute approximate surface area is 122 Å². The van der Waals surface area contributed by atoms with Crippen LogP contribution in [-0.4, -0.2) is 37.3 Å². The van der Waals surface area contributed by atoms with Crippen LogP contribution in [0.4, 0.5) is 5.82 Å². The molecule has 1 saturated heterocycles. The van der Waals surface area contributed by atoms with Gasteiger partial charge in [0.1, 0.15) is 5.82 Å². The number of nitrogens with one attached hydrogen (secondary N) is 1. The zero-order valence-electron chi connectivity index (χ0n) is 13.0. The maximum Gasteiger partial charge on any atom is 0.128 e. The number of piperidine rings is 1. The molecule has 1 unspecified atom stereocenters. The van der Waals surface area contributed by atoms with Gasteiger partial charge in [0.05, 0.1) is 5.60 Å². The molecule has 0 saturated carbocycles. The zero-order valence-corrected chi connectivity index (χ0v) is 13.0. The highest BCUT2D eigenvalue weighted by atomic mass is 16.5. The molecule has 4 nitrogen and oxygen atoms in total. The van der Waals surface area contributed by atoms with Crippen molar-refractivity contribution in [1.29, 1.82) is 0 Å². The summed E-state index contributed by atoms with van der Waals surface area (Å²) in [5.74, 6) is 1.06. The summed E-state index contributed by atoms with van der Waals surface area (Å²) in [5.41, 5.74) is 1.20. The zero-order chi connectivity index (χ0) is 14.4. The van der Waals surface area contributed by atoms with Crippen LogP contribution in [0.15, 0.2) is 18.3 Å². The van der Waals surface area contributed by atoms with Crippen LogP contribution in [0.2, 0.25) is 0 Å². The Morgan fingerprint density at radius 1 is 1.45 bits per heavy atom. The lowest BCUT2D eigenvalue weighted by Gasteiger charge is -2.40. The fraction of sp³-hybridized carbons (Fsp3) is 0.688. The number of hydrogen-bond donors (Lipinski definition) is 1. The molecule has 20 heavy (non-hydrogen) atoms. The summed E-state index contributed by atoms with van der Waals surface area (Å²) in [5, 5.41) is 3.40. The summed E-state index contributed by atoms with van der Waals surface area (Å²) in [6.45, 7) is 8.31. The highest BCUT2D eigenvalue weighted by molar-refractivity contribution is 5.40. The first kappa shape index (κ1) is 15.3. The molecule has 2 heterocycles. The third kappa shape index (κ3) is 3.93. The second-order valence-corrected chi connectivity index (χ2v) is 5.88. The molecule has 0 aromatic carbocycles. The summed E-state index contributed by atoms with van der Waals surface area (Å²) in [6.07, 6.45) is 5.43. The van der Waals surface area contributed by atoms with E-state index >= 15 is 0 Å². The summed E-state index contributed by atoms with van der Waals surface area (Å²) in [4.78, 5) is 6.94. The quantitative estimate of drug-likeness (QED) is 0.811. The van der Waals surface area contributed by atoms with Crippen LogP contribution in [0, 0.1) is 0 Å². The molecule has 0 bridgehead atoms. The minimum atomic E-state index is -0.0404. The Morgan fingerprint density at radius 2 is 2.30 bits per heavy atom. The van der Waals surface area contributed by atoms with Crippen molar-refractivity contribution in [2.24, 2.45) is 0 Å². The SMILES string of the molecule is CCCNCc1ccc(N2CCCC(C)(OC)C2)nc1. The molecule has 112 valence electrons. The van der Waals surface area contributed by atoms with Crippen molar-refractivity contribution in [3.8, 4) is 0 Å². The molecule has 0 spiro atoms. The molecular formula is C16H27N3O. The lowest BCUT2D eigenvalue weighted by atomic mass is 9.95. The minimum absolute atomic E-state index is 0.0404. The van der Waals surface area contributed by atoms with E-state index in [4.69, 9.17) is 4.74 Å². The van der Waals surface area contributed by atoms with Gasteiger partial charge in [-0.25, -0.2) is 4.98 Å². The van der Waals surface area contributed by atoms with Crippen LogP contribution >= 0.6 is 0 Å². The molecule has 1 atom stereocenters. The van der Waals surface area contributed by atoms with E-state index in [0.29, 0.717) is 0 Å². The normalized spacial score (nSPS) is 23.1. The largest absolute Gasteiger partial charge is 0.377 e. The Morgan fingerprint density at radius 3 is 2.95 bits per heavy atom. The van der Waals surface area contributed by atoms with Gasteiger partial charge in [0, 0.05) is 32.9 Å². The smallest absolute Gasteiger partial charge is 0.128 e. The molecule has 0 amide bonds. The standard InChI is InChI=1S/C16H27N3O/c1-4-9-17-11-14-6-7-15(18-12-14)19-10-5-8-16(2,13-19)20-3/h6-7,12,17H,4-5,8-11,13H2,1-3H3. The van der Waals surface area contributed by atoms with Gasteiger partial charge in [0.25, 0.3) is 0 Å². The first-order chi connectivity index (χ1) is 9.67. The fourth-order valence-corrected chi connectivity index (χ4v) is 2.69.